The Bertz CT molecular complexity index is 276. The van der Waals surface area contributed by atoms with Gasteiger partial charge in [-0.1, -0.05) is 0 Å². The summed E-state index contributed by atoms with van der Waals surface area (Å²) in [5.41, 5.74) is 7.39. The number of nitrogens with two attached hydrogens (primary N) is 1. The number of nitrogens with zero attached hydrogens (tertiary/aromatic N) is 1. The molecule has 0 spiro atoms. The molecule has 0 aromatic carbocycles. The van der Waals surface area contributed by atoms with Crippen molar-refractivity contribution < 1.29 is 4.74 Å². The highest BCUT2D eigenvalue weighted by molar-refractivity contribution is 5.50. The summed E-state index contributed by atoms with van der Waals surface area (Å²) in [5, 5.41) is 3.12. The van der Waals surface area contributed by atoms with Gasteiger partial charge in [0.15, 0.2) is 0 Å². The van der Waals surface area contributed by atoms with Gasteiger partial charge in [-0.25, -0.2) is 4.98 Å². The first-order chi connectivity index (χ1) is 6.24. The van der Waals surface area contributed by atoms with Crippen LogP contribution >= 0.6 is 0 Å². The molecule has 0 amide bonds. The third-order valence-corrected chi connectivity index (χ3v) is 1.76. The monoisotopic (exact) mass is 181 g/mol. The molecule has 0 atom stereocenters. The van der Waals surface area contributed by atoms with Gasteiger partial charge >= 0.3 is 0 Å². The lowest BCUT2D eigenvalue weighted by atomic mass is 10.2. The Morgan fingerprint density at radius 2 is 2.38 bits per heavy atom. The highest BCUT2D eigenvalue weighted by Gasteiger charge is 1.96. The molecule has 0 saturated heterocycles. The molecule has 1 rings (SSSR count). The minimum atomic E-state index is 0.672. The summed E-state index contributed by atoms with van der Waals surface area (Å²) in [5.74, 6) is 0.837. The predicted octanol–water partition coefficient (Wildman–Crippen LogP) is 1.03. The van der Waals surface area contributed by atoms with Gasteiger partial charge in [-0.2, -0.15) is 0 Å². The molecule has 1 heterocycles. The van der Waals surface area contributed by atoms with E-state index in [0.717, 1.165) is 23.6 Å². The number of anilines is 2. The van der Waals surface area contributed by atoms with Crippen molar-refractivity contribution in [3.63, 3.8) is 0 Å². The predicted molar refractivity (Wildman–Crippen MR) is 53.8 cm³/mol. The van der Waals surface area contributed by atoms with Gasteiger partial charge in [0, 0.05) is 13.7 Å². The molecule has 4 heteroatoms. The number of ether oxygens (including phenoxy) is 1. The van der Waals surface area contributed by atoms with Gasteiger partial charge in [-0.05, 0) is 18.6 Å². The number of hydrogen-bond acceptors (Lipinski definition) is 4. The van der Waals surface area contributed by atoms with Gasteiger partial charge < -0.3 is 15.8 Å². The van der Waals surface area contributed by atoms with Crippen LogP contribution in [0.25, 0.3) is 0 Å². The fourth-order valence-corrected chi connectivity index (χ4v) is 0.944. The smallest absolute Gasteiger partial charge is 0.126 e. The zero-order valence-electron chi connectivity index (χ0n) is 8.00. The Hall–Kier alpha value is -1.29. The van der Waals surface area contributed by atoms with Crippen molar-refractivity contribution >= 4 is 11.5 Å². The van der Waals surface area contributed by atoms with E-state index < -0.39 is 0 Å². The molecule has 0 aliphatic rings. The van der Waals surface area contributed by atoms with Gasteiger partial charge in [0.25, 0.3) is 0 Å². The van der Waals surface area contributed by atoms with Crippen molar-refractivity contribution in [3.8, 4) is 0 Å². The van der Waals surface area contributed by atoms with E-state index in [1.807, 2.05) is 13.0 Å². The molecule has 0 radical (unpaired) electrons. The zero-order chi connectivity index (χ0) is 9.68. The van der Waals surface area contributed by atoms with Crippen molar-refractivity contribution in [2.45, 2.75) is 6.92 Å². The van der Waals surface area contributed by atoms with Crippen LogP contribution in [0.4, 0.5) is 11.5 Å². The second-order valence-electron chi connectivity index (χ2n) is 2.85. The standard InChI is InChI=1S/C9H15N3O/c1-7-5-9(11-3-4-13-2)12-6-8(7)10/h5-6H,3-4,10H2,1-2H3,(H,11,12). The lowest BCUT2D eigenvalue weighted by Gasteiger charge is -2.06. The van der Waals surface area contributed by atoms with Gasteiger partial charge in [0.1, 0.15) is 5.82 Å². The highest BCUT2D eigenvalue weighted by atomic mass is 16.5. The Balaban J connectivity index is 2.53. The Morgan fingerprint density at radius 1 is 1.62 bits per heavy atom. The van der Waals surface area contributed by atoms with Crippen LogP contribution in [0.2, 0.25) is 0 Å². The number of rotatable bonds is 4. The van der Waals surface area contributed by atoms with Crippen LogP contribution in [-0.2, 0) is 4.74 Å². The molecule has 3 N–H and O–H groups in total. The van der Waals surface area contributed by atoms with E-state index in [1.54, 1.807) is 13.3 Å². The Morgan fingerprint density at radius 3 is 3.00 bits per heavy atom. The van der Waals surface area contributed by atoms with Crippen LogP contribution in [0, 0.1) is 6.92 Å². The molecule has 1 aromatic rings. The SMILES string of the molecule is COCCNc1cc(C)c(N)cn1. The normalized spacial score (nSPS) is 10.0. The quantitative estimate of drug-likeness (QED) is 0.681. The molecular weight excluding hydrogens is 166 g/mol. The van der Waals surface area contributed by atoms with E-state index in [1.165, 1.54) is 0 Å². The molecule has 72 valence electrons. The number of hydrogen-bond donors (Lipinski definition) is 2. The Kier molecular flexibility index (Phi) is 3.52. The average Bonchev–Trinajstić information content (AvgIpc) is 2.12. The van der Waals surface area contributed by atoms with E-state index in [4.69, 9.17) is 10.5 Å². The molecular formula is C9H15N3O. The van der Waals surface area contributed by atoms with E-state index in [-0.39, 0.29) is 0 Å². The van der Waals surface area contributed by atoms with E-state index in [2.05, 4.69) is 10.3 Å². The van der Waals surface area contributed by atoms with Crippen LogP contribution in [-0.4, -0.2) is 25.2 Å². The molecule has 0 aliphatic heterocycles. The largest absolute Gasteiger partial charge is 0.397 e. The first-order valence-electron chi connectivity index (χ1n) is 4.19. The number of aromatic nitrogens is 1. The summed E-state index contributed by atoms with van der Waals surface area (Å²) in [7, 11) is 1.67. The summed E-state index contributed by atoms with van der Waals surface area (Å²) in [6, 6.07) is 1.92. The lowest BCUT2D eigenvalue weighted by Crippen LogP contribution is -2.09. The van der Waals surface area contributed by atoms with Crippen LogP contribution in [0.15, 0.2) is 12.3 Å². The summed E-state index contributed by atoms with van der Waals surface area (Å²) in [4.78, 5) is 4.12. The number of pyridine rings is 1. The van der Waals surface area contributed by atoms with Crippen molar-refractivity contribution in [1.29, 1.82) is 0 Å². The first kappa shape index (κ1) is 9.80. The number of nitrogen functional groups attached to an aromatic ring is 1. The van der Waals surface area contributed by atoms with Gasteiger partial charge in [-0.3, -0.25) is 0 Å². The number of nitrogens with one attached hydrogen (secondary N) is 1. The maximum absolute atomic E-state index is 5.63. The molecule has 4 nitrogen and oxygen atoms in total. The molecule has 0 unspecified atom stereocenters. The second kappa shape index (κ2) is 4.67. The third kappa shape index (κ3) is 2.91. The van der Waals surface area contributed by atoms with Crippen LogP contribution in [0.5, 0.6) is 0 Å². The Labute approximate surface area is 78.1 Å². The molecule has 0 aliphatic carbocycles. The molecule has 0 bridgehead atoms. The van der Waals surface area contributed by atoms with E-state index in [9.17, 15) is 0 Å². The molecule has 1 aromatic heterocycles. The van der Waals surface area contributed by atoms with Crippen molar-refractivity contribution in [3.05, 3.63) is 17.8 Å². The van der Waals surface area contributed by atoms with Crippen LogP contribution < -0.4 is 11.1 Å². The summed E-state index contributed by atoms with van der Waals surface area (Å²) >= 11 is 0. The lowest BCUT2D eigenvalue weighted by molar-refractivity contribution is 0.210. The van der Waals surface area contributed by atoms with Gasteiger partial charge in [0.05, 0.1) is 18.5 Å². The summed E-state index contributed by atoms with van der Waals surface area (Å²) in [6.45, 7) is 3.39. The number of aryl methyl sites for hydroxylation is 1. The van der Waals surface area contributed by atoms with E-state index >= 15 is 0 Å². The molecule has 0 saturated carbocycles. The summed E-state index contributed by atoms with van der Waals surface area (Å²) < 4.78 is 4.90. The van der Waals surface area contributed by atoms with Crippen molar-refractivity contribution in [1.82, 2.24) is 4.98 Å². The first-order valence-corrected chi connectivity index (χ1v) is 4.19. The second-order valence-corrected chi connectivity index (χ2v) is 2.85. The van der Waals surface area contributed by atoms with Crippen LogP contribution in [0.1, 0.15) is 5.56 Å². The van der Waals surface area contributed by atoms with Gasteiger partial charge in [0.2, 0.25) is 0 Å². The van der Waals surface area contributed by atoms with Crippen molar-refractivity contribution in [2.75, 3.05) is 31.3 Å². The topological polar surface area (TPSA) is 60.2 Å². The fourth-order valence-electron chi connectivity index (χ4n) is 0.944. The molecule has 0 fully saturated rings. The third-order valence-electron chi connectivity index (χ3n) is 1.76. The minimum absolute atomic E-state index is 0.672. The van der Waals surface area contributed by atoms with E-state index in [0.29, 0.717) is 6.61 Å². The highest BCUT2D eigenvalue weighted by Crippen LogP contribution is 2.12. The van der Waals surface area contributed by atoms with Crippen LogP contribution in [0.3, 0.4) is 0 Å². The van der Waals surface area contributed by atoms with Gasteiger partial charge in [-0.15, -0.1) is 0 Å². The zero-order valence-corrected chi connectivity index (χ0v) is 8.00. The maximum Gasteiger partial charge on any atom is 0.126 e. The van der Waals surface area contributed by atoms with Crippen molar-refractivity contribution in [2.24, 2.45) is 0 Å². The summed E-state index contributed by atoms with van der Waals surface area (Å²) in [6.07, 6.45) is 1.66. The maximum atomic E-state index is 5.63. The molecule has 13 heavy (non-hydrogen) atoms. The minimum Gasteiger partial charge on any atom is -0.397 e. The number of methoxy groups -OCH3 is 1. The fraction of sp³-hybridized carbons (Fsp3) is 0.444. The average molecular weight is 181 g/mol.